The van der Waals surface area contributed by atoms with E-state index in [1.807, 2.05) is 42.5 Å². The van der Waals surface area contributed by atoms with Crippen LogP contribution in [0.1, 0.15) is 11.1 Å². The molecule has 0 aliphatic rings. The van der Waals surface area contributed by atoms with E-state index >= 15 is 0 Å². The Morgan fingerprint density at radius 1 is 1.03 bits per heavy atom. The zero-order chi connectivity index (χ0) is 24.8. The number of nitrogens with one attached hydrogen (secondary N) is 2. The lowest BCUT2D eigenvalue weighted by Crippen LogP contribution is -2.27. The summed E-state index contributed by atoms with van der Waals surface area (Å²) in [6, 6.07) is 24.1. The molecule has 1 aromatic heterocycles. The van der Waals surface area contributed by atoms with Gasteiger partial charge in [-0.15, -0.1) is 0 Å². The lowest BCUT2D eigenvalue weighted by Gasteiger charge is -2.13. The molecule has 180 valence electrons. The van der Waals surface area contributed by atoms with Gasteiger partial charge in [-0.3, -0.25) is 14.5 Å². The fourth-order valence-electron chi connectivity index (χ4n) is 3.93. The summed E-state index contributed by atoms with van der Waals surface area (Å²) in [6.45, 7) is 1.38. The Kier molecular flexibility index (Phi) is 7.74. The molecular weight excluding hydrogens is 458 g/mol. The molecule has 0 spiro atoms. The number of carbonyl (C=O) groups is 1. The van der Waals surface area contributed by atoms with E-state index < -0.39 is 0 Å². The van der Waals surface area contributed by atoms with Crippen LogP contribution in [0.25, 0.3) is 22.5 Å². The normalized spacial score (nSPS) is 11.0. The molecular formula is C27H29N5O2S. The van der Waals surface area contributed by atoms with Crippen LogP contribution < -0.4 is 10.1 Å². The Bertz CT molecular complexity index is 1340. The second kappa shape index (κ2) is 11.1. The van der Waals surface area contributed by atoms with Crippen molar-refractivity contribution in [2.45, 2.75) is 19.6 Å². The van der Waals surface area contributed by atoms with Crippen molar-refractivity contribution in [2.75, 3.05) is 21.2 Å². The first-order chi connectivity index (χ1) is 16.9. The Morgan fingerprint density at radius 3 is 2.40 bits per heavy atom. The van der Waals surface area contributed by atoms with Crippen molar-refractivity contribution in [2.24, 2.45) is 0 Å². The maximum absolute atomic E-state index is 12.9. The van der Waals surface area contributed by atoms with Crippen LogP contribution in [0.2, 0.25) is 0 Å². The molecule has 35 heavy (non-hydrogen) atoms. The van der Waals surface area contributed by atoms with Crippen LogP contribution >= 0.6 is 12.2 Å². The van der Waals surface area contributed by atoms with Crippen LogP contribution in [0.15, 0.2) is 72.8 Å². The van der Waals surface area contributed by atoms with E-state index in [1.165, 1.54) is 5.56 Å². The minimum atomic E-state index is -0.145. The van der Waals surface area contributed by atoms with Gasteiger partial charge in [-0.25, -0.2) is 0 Å². The fourth-order valence-corrected chi connectivity index (χ4v) is 4.13. The first-order valence-corrected chi connectivity index (χ1v) is 11.7. The van der Waals surface area contributed by atoms with Gasteiger partial charge in [0.25, 0.3) is 0 Å². The molecule has 0 bridgehead atoms. The second-order valence-electron chi connectivity index (χ2n) is 8.54. The number of aromatic nitrogens is 3. The highest BCUT2D eigenvalue weighted by Gasteiger charge is 2.13. The molecule has 0 aliphatic heterocycles. The molecule has 3 aromatic carbocycles. The van der Waals surface area contributed by atoms with Gasteiger partial charge < -0.3 is 15.0 Å². The number of H-pyrrole nitrogens is 1. The third-order valence-corrected chi connectivity index (χ3v) is 5.98. The van der Waals surface area contributed by atoms with Crippen LogP contribution in [0.4, 0.5) is 0 Å². The molecule has 0 radical (unpaired) electrons. The Labute approximate surface area is 210 Å². The smallest absolute Gasteiger partial charge is 0.240 e. The molecule has 0 saturated heterocycles. The molecule has 0 fully saturated rings. The van der Waals surface area contributed by atoms with E-state index in [0.717, 1.165) is 34.5 Å². The fraction of sp³-hybridized carbons (Fsp3) is 0.222. The maximum atomic E-state index is 12.9. The van der Waals surface area contributed by atoms with Gasteiger partial charge in [0.05, 0.1) is 7.11 Å². The topological polar surface area (TPSA) is 75.2 Å². The molecule has 0 saturated carbocycles. The third-order valence-electron chi connectivity index (χ3n) is 5.67. The number of benzene rings is 3. The highest BCUT2D eigenvalue weighted by Crippen LogP contribution is 2.25. The number of methoxy groups -OCH3 is 1. The van der Waals surface area contributed by atoms with Crippen molar-refractivity contribution in [3.8, 4) is 28.3 Å². The number of hydrogen-bond donors (Lipinski definition) is 2. The highest BCUT2D eigenvalue weighted by molar-refractivity contribution is 7.71. The van der Waals surface area contributed by atoms with Crippen LogP contribution in [0.5, 0.6) is 5.75 Å². The maximum Gasteiger partial charge on any atom is 0.240 e. The largest absolute Gasteiger partial charge is 0.497 e. The number of nitrogens with zero attached hydrogens (tertiary/aromatic N) is 3. The van der Waals surface area contributed by atoms with Crippen molar-refractivity contribution in [1.29, 1.82) is 0 Å². The van der Waals surface area contributed by atoms with E-state index in [1.54, 1.807) is 11.7 Å². The second-order valence-corrected chi connectivity index (χ2v) is 8.92. The van der Waals surface area contributed by atoms with Crippen LogP contribution in [0, 0.1) is 4.77 Å². The number of carbonyl (C=O) groups excluding carboxylic acids is 1. The molecule has 1 heterocycles. The summed E-state index contributed by atoms with van der Waals surface area (Å²) in [5, 5.41) is 10.1. The highest BCUT2D eigenvalue weighted by atomic mass is 32.1. The standard InChI is InChI=1S/C27H29N5O2S/c1-31(2)17-19-8-10-20(11-9-19)24-7-5-4-6-22(24)16-28-25(33)18-32-26(29-30-27(32)35)21-12-14-23(34-3)15-13-21/h4-15H,16-18H2,1-3H3,(H,28,33)(H,30,35). The third kappa shape index (κ3) is 6.03. The van der Waals surface area contributed by atoms with E-state index in [0.29, 0.717) is 17.1 Å². The van der Waals surface area contributed by atoms with Gasteiger partial charge in [-0.2, -0.15) is 5.10 Å². The summed E-state index contributed by atoms with van der Waals surface area (Å²) in [6.07, 6.45) is 0. The summed E-state index contributed by atoms with van der Waals surface area (Å²) in [4.78, 5) is 15.0. The average molecular weight is 488 g/mol. The van der Waals surface area contributed by atoms with Gasteiger partial charge in [0.15, 0.2) is 10.6 Å². The first-order valence-electron chi connectivity index (χ1n) is 11.3. The van der Waals surface area contributed by atoms with Crippen molar-refractivity contribution >= 4 is 18.1 Å². The number of hydrogen-bond acceptors (Lipinski definition) is 5. The van der Waals surface area contributed by atoms with Crippen molar-refractivity contribution in [3.05, 3.63) is 88.7 Å². The molecule has 2 N–H and O–H groups in total. The van der Waals surface area contributed by atoms with Gasteiger partial charge in [0.1, 0.15) is 12.3 Å². The molecule has 0 unspecified atom stereocenters. The van der Waals surface area contributed by atoms with Crippen LogP contribution in [-0.2, 0) is 24.4 Å². The predicted molar refractivity (Wildman–Crippen MR) is 141 cm³/mol. The summed E-state index contributed by atoms with van der Waals surface area (Å²) >= 11 is 5.38. The number of ether oxygens (including phenoxy) is 1. The molecule has 4 aromatic rings. The first kappa shape index (κ1) is 24.4. The Balaban J connectivity index is 1.46. The molecule has 0 aliphatic carbocycles. The van der Waals surface area contributed by atoms with Gasteiger partial charge in [-0.1, -0.05) is 48.5 Å². The lowest BCUT2D eigenvalue weighted by atomic mass is 9.98. The van der Waals surface area contributed by atoms with Gasteiger partial charge in [0, 0.05) is 18.7 Å². The zero-order valence-electron chi connectivity index (χ0n) is 20.1. The van der Waals surface area contributed by atoms with Gasteiger partial charge >= 0.3 is 0 Å². The summed E-state index contributed by atoms with van der Waals surface area (Å²) in [7, 11) is 5.74. The van der Waals surface area contributed by atoms with E-state index in [-0.39, 0.29) is 12.5 Å². The quantitative estimate of drug-likeness (QED) is 0.336. The minimum absolute atomic E-state index is 0.0676. The minimum Gasteiger partial charge on any atom is -0.497 e. The molecule has 4 rings (SSSR count). The zero-order valence-corrected chi connectivity index (χ0v) is 20.9. The monoisotopic (exact) mass is 487 g/mol. The Hall–Kier alpha value is -3.75. The van der Waals surface area contributed by atoms with Crippen LogP contribution in [0.3, 0.4) is 0 Å². The number of aromatic amines is 1. The predicted octanol–water partition coefficient (Wildman–Crippen LogP) is 4.66. The van der Waals surface area contributed by atoms with Crippen molar-refractivity contribution in [3.63, 3.8) is 0 Å². The number of amides is 1. The van der Waals surface area contributed by atoms with Crippen molar-refractivity contribution in [1.82, 2.24) is 25.0 Å². The van der Waals surface area contributed by atoms with Crippen LogP contribution in [-0.4, -0.2) is 46.8 Å². The molecule has 8 heteroatoms. The summed E-state index contributed by atoms with van der Waals surface area (Å²) in [5.74, 6) is 1.21. The molecule has 7 nitrogen and oxygen atoms in total. The van der Waals surface area contributed by atoms with E-state index in [2.05, 4.69) is 64.8 Å². The summed E-state index contributed by atoms with van der Waals surface area (Å²) in [5.41, 5.74) is 5.37. The van der Waals surface area contributed by atoms with E-state index in [4.69, 9.17) is 17.0 Å². The van der Waals surface area contributed by atoms with Crippen molar-refractivity contribution < 1.29 is 9.53 Å². The SMILES string of the molecule is COc1ccc(-c2n[nH]c(=S)n2CC(=O)NCc2ccccc2-c2ccc(CN(C)C)cc2)cc1. The van der Waals surface area contributed by atoms with Gasteiger partial charge in [0.2, 0.25) is 5.91 Å². The van der Waals surface area contributed by atoms with Gasteiger partial charge in [-0.05, 0) is 72.8 Å². The summed E-state index contributed by atoms with van der Waals surface area (Å²) < 4.78 is 7.31. The molecule has 1 amide bonds. The molecule has 0 atom stereocenters. The van der Waals surface area contributed by atoms with E-state index in [9.17, 15) is 4.79 Å². The Morgan fingerprint density at radius 2 is 1.71 bits per heavy atom. The lowest BCUT2D eigenvalue weighted by molar-refractivity contribution is -0.121. The number of rotatable bonds is 9. The average Bonchev–Trinajstić information content (AvgIpc) is 3.23.